The zero-order chi connectivity index (χ0) is 20.1. The molecule has 146 valence electrons. The fourth-order valence-corrected chi connectivity index (χ4v) is 3.12. The van der Waals surface area contributed by atoms with Crippen LogP contribution in [-0.4, -0.2) is 31.2 Å². The van der Waals surface area contributed by atoms with Gasteiger partial charge in [-0.25, -0.2) is 0 Å². The maximum absolute atomic E-state index is 12.2. The van der Waals surface area contributed by atoms with E-state index in [0.717, 1.165) is 5.39 Å². The number of hydrogen-bond donors (Lipinski definition) is 2. The summed E-state index contributed by atoms with van der Waals surface area (Å²) < 4.78 is 10.5. The molecule has 0 aliphatic carbocycles. The van der Waals surface area contributed by atoms with E-state index >= 15 is 0 Å². The van der Waals surface area contributed by atoms with Gasteiger partial charge in [-0.2, -0.15) is 0 Å². The van der Waals surface area contributed by atoms with E-state index in [1.165, 1.54) is 6.07 Å². The molecule has 0 aliphatic rings. The fraction of sp³-hybridized carbons (Fsp3) is 0.200. The van der Waals surface area contributed by atoms with Crippen LogP contribution >= 0.6 is 23.2 Å². The third-order valence-electron chi connectivity index (χ3n) is 4.10. The standard InChI is InChI=1S/C20H18Cl2N2O4/c1-27-15-4-2-12-8-13(20(26)24-17(12)10-15)6-7-23-19(25)11-28-18-5-3-14(21)9-16(18)22/h2-5,8-10H,6-7,11H2,1H3,(H,23,25)(H,24,26). The first kappa shape index (κ1) is 20.0. The average molecular weight is 421 g/mol. The van der Waals surface area contributed by atoms with Crippen molar-refractivity contribution in [2.24, 2.45) is 0 Å². The second-order valence-electron chi connectivity index (χ2n) is 6.04. The number of methoxy groups -OCH3 is 1. The Balaban J connectivity index is 1.54. The molecule has 0 fully saturated rings. The highest BCUT2D eigenvalue weighted by molar-refractivity contribution is 6.35. The Hall–Kier alpha value is -2.70. The number of hydrogen-bond acceptors (Lipinski definition) is 4. The summed E-state index contributed by atoms with van der Waals surface area (Å²) in [5.74, 6) is 0.736. The van der Waals surface area contributed by atoms with Gasteiger partial charge in [0.25, 0.3) is 11.5 Å². The largest absolute Gasteiger partial charge is 0.497 e. The average Bonchev–Trinajstić information content (AvgIpc) is 2.67. The number of aromatic nitrogens is 1. The van der Waals surface area contributed by atoms with Gasteiger partial charge in [0.05, 0.1) is 17.6 Å². The smallest absolute Gasteiger partial charge is 0.257 e. The maximum Gasteiger partial charge on any atom is 0.257 e. The number of benzene rings is 2. The lowest BCUT2D eigenvalue weighted by atomic mass is 10.1. The first-order valence-corrected chi connectivity index (χ1v) is 9.26. The maximum atomic E-state index is 12.2. The lowest BCUT2D eigenvalue weighted by Gasteiger charge is -2.09. The van der Waals surface area contributed by atoms with E-state index in [4.69, 9.17) is 32.7 Å². The number of halogens is 2. The summed E-state index contributed by atoms with van der Waals surface area (Å²) in [6, 6.07) is 12.0. The highest BCUT2D eigenvalue weighted by atomic mass is 35.5. The number of carbonyl (C=O) groups excluding carboxylic acids is 1. The van der Waals surface area contributed by atoms with Crippen molar-refractivity contribution in [2.75, 3.05) is 20.3 Å². The van der Waals surface area contributed by atoms with Gasteiger partial charge in [-0.05, 0) is 48.2 Å². The minimum atomic E-state index is -0.312. The number of carbonyl (C=O) groups is 1. The number of fused-ring (bicyclic) bond motifs is 1. The van der Waals surface area contributed by atoms with Crippen molar-refractivity contribution >= 4 is 40.0 Å². The Kier molecular flexibility index (Phi) is 6.44. The second kappa shape index (κ2) is 8.99. The number of ether oxygens (including phenoxy) is 2. The van der Waals surface area contributed by atoms with E-state index in [1.54, 1.807) is 25.3 Å². The molecule has 3 rings (SSSR count). The number of rotatable bonds is 7. The molecule has 0 atom stereocenters. The molecule has 1 aromatic heterocycles. The molecule has 2 aromatic carbocycles. The van der Waals surface area contributed by atoms with Crippen molar-refractivity contribution in [2.45, 2.75) is 6.42 Å². The summed E-state index contributed by atoms with van der Waals surface area (Å²) in [5.41, 5.74) is 1.09. The molecule has 0 bridgehead atoms. The van der Waals surface area contributed by atoms with Crippen LogP contribution in [0.15, 0.2) is 47.3 Å². The van der Waals surface area contributed by atoms with Crippen LogP contribution in [0.2, 0.25) is 10.0 Å². The highest BCUT2D eigenvalue weighted by Crippen LogP contribution is 2.27. The van der Waals surface area contributed by atoms with Crippen LogP contribution in [0, 0.1) is 0 Å². The van der Waals surface area contributed by atoms with E-state index in [9.17, 15) is 9.59 Å². The van der Waals surface area contributed by atoms with Crippen molar-refractivity contribution < 1.29 is 14.3 Å². The Bertz CT molecular complexity index is 1070. The third-order valence-corrected chi connectivity index (χ3v) is 4.63. The molecule has 0 radical (unpaired) electrons. The van der Waals surface area contributed by atoms with Crippen molar-refractivity contribution in [3.63, 3.8) is 0 Å². The molecule has 3 aromatic rings. The summed E-state index contributed by atoms with van der Waals surface area (Å²) in [5, 5.41) is 4.43. The Morgan fingerprint density at radius 3 is 2.71 bits per heavy atom. The van der Waals surface area contributed by atoms with Crippen molar-refractivity contribution in [3.05, 3.63) is 68.4 Å². The monoisotopic (exact) mass is 420 g/mol. The van der Waals surface area contributed by atoms with Gasteiger partial charge in [0.15, 0.2) is 6.61 Å². The SMILES string of the molecule is COc1ccc2cc(CCNC(=O)COc3ccc(Cl)cc3Cl)c(=O)[nH]c2c1. The van der Waals surface area contributed by atoms with Gasteiger partial charge in [-0.3, -0.25) is 9.59 Å². The van der Waals surface area contributed by atoms with Crippen molar-refractivity contribution in [3.8, 4) is 11.5 Å². The topological polar surface area (TPSA) is 80.4 Å². The predicted molar refractivity (Wildman–Crippen MR) is 110 cm³/mol. The summed E-state index contributed by atoms with van der Waals surface area (Å²) in [7, 11) is 1.57. The molecule has 0 unspecified atom stereocenters. The molecule has 6 nitrogen and oxygen atoms in total. The minimum absolute atomic E-state index is 0.185. The molecular weight excluding hydrogens is 403 g/mol. The van der Waals surface area contributed by atoms with Gasteiger partial charge in [0.1, 0.15) is 11.5 Å². The Morgan fingerprint density at radius 1 is 1.14 bits per heavy atom. The van der Waals surface area contributed by atoms with Crippen LogP contribution in [-0.2, 0) is 11.2 Å². The van der Waals surface area contributed by atoms with Crippen molar-refractivity contribution in [1.29, 1.82) is 0 Å². The second-order valence-corrected chi connectivity index (χ2v) is 6.88. The zero-order valence-corrected chi connectivity index (χ0v) is 16.6. The molecule has 0 saturated carbocycles. The molecule has 1 heterocycles. The van der Waals surface area contributed by atoms with Gasteiger partial charge in [0, 0.05) is 23.2 Å². The normalized spacial score (nSPS) is 10.7. The summed E-state index contributed by atoms with van der Waals surface area (Å²) in [6.45, 7) is 0.122. The first-order valence-electron chi connectivity index (χ1n) is 8.51. The Labute approximate surface area is 171 Å². The van der Waals surface area contributed by atoms with Crippen LogP contribution in [0.4, 0.5) is 0 Å². The van der Waals surface area contributed by atoms with E-state index < -0.39 is 0 Å². The third kappa shape index (κ3) is 4.97. The number of pyridine rings is 1. The number of nitrogens with one attached hydrogen (secondary N) is 2. The Morgan fingerprint density at radius 2 is 1.96 bits per heavy atom. The molecule has 0 spiro atoms. The lowest BCUT2D eigenvalue weighted by Crippen LogP contribution is -2.31. The van der Waals surface area contributed by atoms with E-state index in [0.29, 0.717) is 45.6 Å². The molecule has 1 amide bonds. The van der Waals surface area contributed by atoms with E-state index in [-0.39, 0.29) is 18.1 Å². The molecule has 8 heteroatoms. The molecule has 0 saturated heterocycles. The lowest BCUT2D eigenvalue weighted by molar-refractivity contribution is -0.123. The molecule has 2 N–H and O–H groups in total. The van der Waals surface area contributed by atoms with E-state index in [1.807, 2.05) is 18.2 Å². The van der Waals surface area contributed by atoms with E-state index in [2.05, 4.69) is 10.3 Å². The first-order chi connectivity index (χ1) is 13.5. The summed E-state index contributed by atoms with van der Waals surface area (Å²) in [6.07, 6.45) is 0.394. The summed E-state index contributed by atoms with van der Waals surface area (Å²) in [4.78, 5) is 27.0. The fourth-order valence-electron chi connectivity index (χ4n) is 2.66. The van der Waals surface area contributed by atoms with Crippen molar-refractivity contribution in [1.82, 2.24) is 10.3 Å². The van der Waals surface area contributed by atoms with Crippen LogP contribution in [0.1, 0.15) is 5.56 Å². The van der Waals surface area contributed by atoms with Crippen LogP contribution < -0.4 is 20.3 Å². The summed E-state index contributed by atoms with van der Waals surface area (Å²) >= 11 is 11.8. The highest BCUT2D eigenvalue weighted by Gasteiger charge is 2.08. The van der Waals surface area contributed by atoms with Crippen LogP contribution in [0.5, 0.6) is 11.5 Å². The van der Waals surface area contributed by atoms with Crippen LogP contribution in [0.25, 0.3) is 10.9 Å². The quantitative estimate of drug-likeness (QED) is 0.611. The van der Waals surface area contributed by atoms with Gasteiger partial charge in [-0.15, -0.1) is 0 Å². The predicted octanol–water partition coefficient (Wildman–Crippen LogP) is 3.58. The van der Waals surface area contributed by atoms with Gasteiger partial charge >= 0.3 is 0 Å². The number of aromatic amines is 1. The number of amides is 1. The molecule has 28 heavy (non-hydrogen) atoms. The minimum Gasteiger partial charge on any atom is -0.497 e. The van der Waals surface area contributed by atoms with Gasteiger partial charge in [-0.1, -0.05) is 23.2 Å². The molecular formula is C20H18Cl2N2O4. The van der Waals surface area contributed by atoms with Gasteiger partial charge in [0.2, 0.25) is 0 Å². The zero-order valence-electron chi connectivity index (χ0n) is 15.1. The number of H-pyrrole nitrogens is 1. The van der Waals surface area contributed by atoms with Crippen LogP contribution in [0.3, 0.4) is 0 Å². The van der Waals surface area contributed by atoms with Gasteiger partial charge < -0.3 is 19.8 Å². The molecule has 0 aliphatic heterocycles.